The zero-order valence-corrected chi connectivity index (χ0v) is 21.6. The number of aromatic nitrogens is 3. The number of anilines is 3. The number of piperidine rings is 1. The highest BCUT2D eigenvalue weighted by Crippen LogP contribution is 2.34. The van der Waals surface area contributed by atoms with Crippen LogP contribution in [0, 0.1) is 0 Å². The van der Waals surface area contributed by atoms with E-state index < -0.39 is 0 Å². The molecular weight excluding hydrogens is 456 g/mol. The second-order valence-electron chi connectivity index (χ2n) is 9.70. The van der Waals surface area contributed by atoms with E-state index in [0.29, 0.717) is 19.0 Å². The zero-order chi connectivity index (χ0) is 25.5. The van der Waals surface area contributed by atoms with Gasteiger partial charge in [-0.3, -0.25) is 4.79 Å². The Morgan fingerprint density at radius 3 is 2.58 bits per heavy atom. The second kappa shape index (κ2) is 12.0. The van der Waals surface area contributed by atoms with Crippen LogP contribution >= 0.6 is 0 Å². The van der Waals surface area contributed by atoms with Crippen LogP contribution in [-0.4, -0.2) is 72.8 Å². The van der Waals surface area contributed by atoms with Crippen molar-refractivity contribution in [2.24, 2.45) is 0 Å². The lowest BCUT2D eigenvalue weighted by molar-refractivity contribution is -0.130. The number of pyridine rings is 1. The molecule has 1 N–H and O–H groups in total. The second-order valence-corrected chi connectivity index (χ2v) is 9.70. The molecule has 2 aromatic heterocycles. The molecule has 3 aromatic rings. The Labute approximate surface area is 212 Å². The molecule has 1 aliphatic rings. The number of nitrogens with zero attached hydrogens (tertiary/aromatic N) is 5. The number of ether oxygens (including phenoxy) is 2. The lowest BCUT2D eigenvalue weighted by Gasteiger charge is -2.26. The molecule has 1 unspecified atom stereocenters. The van der Waals surface area contributed by atoms with Gasteiger partial charge in [0.15, 0.2) is 0 Å². The molecule has 36 heavy (non-hydrogen) atoms. The largest absolute Gasteiger partial charge is 0.491 e. The van der Waals surface area contributed by atoms with Crippen molar-refractivity contribution < 1.29 is 14.3 Å². The van der Waals surface area contributed by atoms with E-state index in [1.54, 1.807) is 6.20 Å². The van der Waals surface area contributed by atoms with E-state index in [4.69, 9.17) is 14.5 Å². The Balaban J connectivity index is 1.58. The van der Waals surface area contributed by atoms with Gasteiger partial charge in [0.25, 0.3) is 6.47 Å². The van der Waals surface area contributed by atoms with Gasteiger partial charge in [-0.2, -0.15) is 4.98 Å². The first-order valence-electron chi connectivity index (χ1n) is 12.6. The average molecular weight is 493 g/mol. The molecule has 4 rings (SSSR count). The molecule has 0 saturated carbocycles. The molecule has 0 spiro atoms. The number of fused-ring (bicyclic) bond motifs is 1. The minimum Gasteiger partial charge on any atom is -0.491 e. The van der Waals surface area contributed by atoms with Gasteiger partial charge >= 0.3 is 0 Å². The first-order valence-corrected chi connectivity index (χ1v) is 12.6. The molecule has 192 valence electrons. The summed E-state index contributed by atoms with van der Waals surface area (Å²) in [6.07, 6.45) is 7.26. The molecule has 3 heterocycles. The predicted octanol–water partition coefficient (Wildman–Crippen LogP) is 4.36. The van der Waals surface area contributed by atoms with Crippen molar-refractivity contribution in [2.75, 3.05) is 50.6 Å². The number of nitrogens with one attached hydrogen (secondary N) is 1. The van der Waals surface area contributed by atoms with Crippen LogP contribution in [0.1, 0.15) is 44.6 Å². The fraction of sp³-hybridized carbons (Fsp3) is 0.481. The highest BCUT2D eigenvalue weighted by molar-refractivity contribution is 5.92. The molecule has 1 aromatic carbocycles. The van der Waals surface area contributed by atoms with Gasteiger partial charge in [0.2, 0.25) is 5.95 Å². The Morgan fingerprint density at radius 1 is 1.06 bits per heavy atom. The molecule has 1 atom stereocenters. The van der Waals surface area contributed by atoms with Crippen molar-refractivity contribution in [3.05, 3.63) is 42.2 Å². The Kier molecular flexibility index (Phi) is 8.53. The van der Waals surface area contributed by atoms with Crippen LogP contribution in [0.5, 0.6) is 5.75 Å². The number of hydrogen-bond acceptors (Lipinski definition) is 9. The summed E-state index contributed by atoms with van der Waals surface area (Å²) in [6.45, 7) is 7.46. The number of hydrogen-bond donors (Lipinski definition) is 1. The summed E-state index contributed by atoms with van der Waals surface area (Å²) in [6, 6.07) is 7.97. The molecule has 1 saturated heterocycles. The summed E-state index contributed by atoms with van der Waals surface area (Å²) in [5.41, 5.74) is 1.22. The molecule has 9 heteroatoms. The highest BCUT2D eigenvalue weighted by Gasteiger charge is 2.17. The van der Waals surface area contributed by atoms with Gasteiger partial charge in [0, 0.05) is 30.9 Å². The lowest BCUT2D eigenvalue weighted by atomic mass is 9.96. The van der Waals surface area contributed by atoms with E-state index >= 15 is 0 Å². The third kappa shape index (κ3) is 6.20. The quantitative estimate of drug-likeness (QED) is 0.392. The maximum Gasteiger partial charge on any atom is 0.293 e. The Morgan fingerprint density at radius 2 is 1.86 bits per heavy atom. The monoisotopic (exact) mass is 492 g/mol. The van der Waals surface area contributed by atoms with E-state index in [1.807, 2.05) is 37.3 Å². The molecule has 0 aliphatic carbocycles. The zero-order valence-electron chi connectivity index (χ0n) is 21.6. The number of carbonyl (C=O) groups is 1. The summed E-state index contributed by atoms with van der Waals surface area (Å²) in [4.78, 5) is 28.7. The Bertz CT molecular complexity index is 1160. The molecule has 1 aliphatic heterocycles. The Hall–Kier alpha value is -3.46. The first-order chi connectivity index (χ1) is 17.5. The van der Waals surface area contributed by atoms with Crippen LogP contribution in [0.2, 0.25) is 0 Å². The summed E-state index contributed by atoms with van der Waals surface area (Å²) in [5, 5.41) is 5.38. The van der Waals surface area contributed by atoms with Crippen molar-refractivity contribution in [3.8, 4) is 5.75 Å². The van der Waals surface area contributed by atoms with Gasteiger partial charge < -0.3 is 24.6 Å². The van der Waals surface area contributed by atoms with Crippen LogP contribution in [0.3, 0.4) is 0 Å². The summed E-state index contributed by atoms with van der Waals surface area (Å²) in [7, 11) is 3.87. The molecule has 0 radical (unpaired) electrons. The van der Waals surface area contributed by atoms with Crippen LogP contribution in [0.25, 0.3) is 10.8 Å². The smallest absolute Gasteiger partial charge is 0.293 e. The maximum absolute atomic E-state index is 10.6. The van der Waals surface area contributed by atoms with Crippen molar-refractivity contribution in [1.82, 2.24) is 19.9 Å². The van der Waals surface area contributed by atoms with Gasteiger partial charge in [-0.05, 0) is 68.4 Å². The molecular formula is C27H36N6O3. The van der Waals surface area contributed by atoms with Gasteiger partial charge in [-0.1, -0.05) is 19.9 Å². The van der Waals surface area contributed by atoms with Gasteiger partial charge in [0.05, 0.1) is 6.04 Å². The standard InChI is InChI=1S/C27H36N6O3/c1-19(2)21-8-9-24(36-17-20(32(3)4)16-35-18-34)23-15-29-26(14-22(21)23)30-25-10-11-28-27(31-25)33-12-6-5-7-13-33/h8-11,14-15,18-20H,5-7,12-13,16-17H2,1-4H3,(H,28,29,30,31). The van der Waals surface area contributed by atoms with Crippen LogP contribution in [0.4, 0.5) is 17.6 Å². The summed E-state index contributed by atoms with van der Waals surface area (Å²) in [5.74, 6) is 3.28. The molecule has 0 bridgehead atoms. The fourth-order valence-electron chi connectivity index (χ4n) is 4.41. The average Bonchev–Trinajstić information content (AvgIpc) is 2.88. The van der Waals surface area contributed by atoms with Gasteiger partial charge in [-0.25, -0.2) is 9.97 Å². The van der Waals surface area contributed by atoms with Crippen LogP contribution < -0.4 is 15.0 Å². The topological polar surface area (TPSA) is 92.7 Å². The van der Waals surface area contributed by atoms with Crippen molar-refractivity contribution >= 4 is 34.8 Å². The summed E-state index contributed by atoms with van der Waals surface area (Å²) >= 11 is 0. The molecule has 0 amide bonds. The van der Waals surface area contributed by atoms with Crippen molar-refractivity contribution in [1.29, 1.82) is 0 Å². The number of rotatable bonds is 11. The van der Waals surface area contributed by atoms with Gasteiger partial charge in [-0.15, -0.1) is 0 Å². The van der Waals surface area contributed by atoms with Crippen LogP contribution in [0.15, 0.2) is 36.7 Å². The molecule has 9 nitrogen and oxygen atoms in total. The van der Waals surface area contributed by atoms with Gasteiger partial charge in [0.1, 0.15) is 30.6 Å². The first kappa shape index (κ1) is 25.6. The van der Waals surface area contributed by atoms with E-state index in [9.17, 15) is 4.79 Å². The minimum absolute atomic E-state index is 0.0595. The van der Waals surface area contributed by atoms with E-state index in [2.05, 4.69) is 46.2 Å². The number of carbonyl (C=O) groups excluding carboxylic acids is 1. The number of benzene rings is 1. The van der Waals surface area contributed by atoms with Crippen molar-refractivity contribution in [2.45, 2.75) is 45.1 Å². The normalized spacial score (nSPS) is 14.8. The highest BCUT2D eigenvalue weighted by atomic mass is 16.5. The van der Waals surface area contributed by atoms with E-state index in [0.717, 1.165) is 47.2 Å². The van der Waals surface area contributed by atoms with E-state index in [1.165, 1.54) is 24.8 Å². The molecule has 1 fully saturated rings. The van der Waals surface area contributed by atoms with Crippen molar-refractivity contribution in [3.63, 3.8) is 0 Å². The maximum atomic E-state index is 10.6. The third-order valence-electron chi connectivity index (χ3n) is 6.57. The van der Waals surface area contributed by atoms with Crippen LogP contribution in [-0.2, 0) is 9.53 Å². The summed E-state index contributed by atoms with van der Waals surface area (Å²) < 4.78 is 11.2. The fourth-order valence-corrected chi connectivity index (χ4v) is 4.41. The van der Waals surface area contributed by atoms with E-state index in [-0.39, 0.29) is 12.6 Å². The SMILES string of the molecule is CC(C)c1ccc(OCC(COC=O)N(C)C)c2cnc(Nc3ccnc(N4CCCCC4)n3)cc12. The minimum atomic E-state index is -0.0595. The third-order valence-corrected chi connectivity index (χ3v) is 6.57. The predicted molar refractivity (Wildman–Crippen MR) is 142 cm³/mol. The number of likely N-dealkylation sites (N-methyl/N-ethyl adjacent to an activating group) is 1. The lowest BCUT2D eigenvalue weighted by Crippen LogP contribution is -2.37.